The molecule has 0 spiro atoms. The maximum atomic E-state index is 12.7. The molecule has 0 saturated carbocycles. The Morgan fingerprint density at radius 2 is 1.85 bits per heavy atom. The third-order valence-corrected chi connectivity index (χ3v) is 4.38. The fourth-order valence-corrected chi connectivity index (χ4v) is 2.85. The van der Waals surface area contributed by atoms with Crippen LogP contribution in [-0.2, 0) is 9.74 Å². The molecule has 156 valence electrons. The Morgan fingerprint density at radius 1 is 1.27 bits per heavy atom. The van der Waals surface area contributed by atoms with Crippen LogP contribution >= 0.6 is 0 Å². The molecule has 3 atom stereocenters. The molecule has 9 heteroatoms. The zero-order valence-corrected chi connectivity index (χ0v) is 15.9. The van der Waals surface area contributed by atoms with Gasteiger partial charge in [0.25, 0.3) is 0 Å². The zero-order chi connectivity index (χ0) is 20.3. The van der Waals surface area contributed by atoms with E-state index in [2.05, 4.69) is 4.94 Å². The van der Waals surface area contributed by atoms with E-state index in [-0.39, 0.29) is 25.0 Å². The summed E-state index contributed by atoms with van der Waals surface area (Å²) in [4.78, 5) is 16.2. The molecule has 1 aliphatic rings. The summed E-state index contributed by atoms with van der Waals surface area (Å²) in [5.41, 5.74) is 1.12. The highest BCUT2D eigenvalue weighted by Gasteiger charge is 2.41. The minimum atomic E-state index is -4.11. The third kappa shape index (κ3) is 10.9. The van der Waals surface area contributed by atoms with Gasteiger partial charge in [0, 0.05) is 12.5 Å². The fourth-order valence-electron chi connectivity index (χ4n) is 2.85. The molecule has 1 saturated heterocycles. The van der Waals surface area contributed by atoms with Crippen molar-refractivity contribution in [2.75, 3.05) is 19.6 Å². The molecule has 4 nitrogen and oxygen atoms in total. The lowest BCUT2D eigenvalue weighted by Crippen LogP contribution is -2.42. The number of rotatable bonds is 7. The number of likely N-dealkylation sites (tertiary alicyclic amines) is 1. The van der Waals surface area contributed by atoms with Gasteiger partial charge in [-0.05, 0) is 63.1 Å². The summed E-state index contributed by atoms with van der Waals surface area (Å²) in [5, 5.41) is 0. The molecule has 0 aromatic heterocycles. The molecular weight excluding hydrogens is 359 g/mol. The van der Waals surface area contributed by atoms with Crippen LogP contribution in [0.15, 0.2) is 0 Å². The van der Waals surface area contributed by atoms with Crippen LogP contribution in [0.25, 0.3) is 0 Å². The van der Waals surface area contributed by atoms with Crippen molar-refractivity contribution >= 4 is 5.91 Å². The average molecular weight is 390 g/mol. The van der Waals surface area contributed by atoms with Crippen LogP contribution in [-0.4, -0.2) is 42.7 Å². The van der Waals surface area contributed by atoms with E-state index in [9.17, 15) is 27.0 Å². The Morgan fingerprint density at radius 3 is 2.31 bits per heavy atom. The van der Waals surface area contributed by atoms with Crippen molar-refractivity contribution in [3.05, 3.63) is 0 Å². The van der Waals surface area contributed by atoms with Crippen molar-refractivity contribution in [1.29, 1.82) is 0 Å². The van der Waals surface area contributed by atoms with Crippen molar-refractivity contribution in [3.8, 4) is 0 Å². The SMILES string of the molecule is CC(C)OF.CC(CCN1CCCC(C(F)(F)F)C1)CC(C)C(=O)NF. The largest absolute Gasteiger partial charge is 0.393 e. The van der Waals surface area contributed by atoms with E-state index in [1.54, 1.807) is 20.8 Å². The average Bonchev–Trinajstić information content (AvgIpc) is 2.59. The summed E-state index contributed by atoms with van der Waals surface area (Å²) in [7, 11) is 0. The second kappa shape index (κ2) is 12.4. The molecule has 0 aromatic rings. The first-order valence-corrected chi connectivity index (χ1v) is 8.98. The molecule has 1 heterocycles. The highest BCUT2D eigenvalue weighted by atomic mass is 19.4. The molecule has 0 radical (unpaired) electrons. The molecule has 0 aromatic carbocycles. The van der Waals surface area contributed by atoms with Crippen molar-refractivity contribution < 1.29 is 31.9 Å². The number of piperidine rings is 1. The van der Waals surface area contributed by atoms with Gasteiger partial charge in [-0.25, -0.2) is 0 Å². The van der Waals surface area contributed by atoms with Crippen molar-refractivity contribution in [2.24, 2.45) is 17.8 Å². The predicted molar refractivity (Wildman–Crippen MR) is 89.4 cm³/mol. The normalized spacial score (nSPS) is 20.9. The number of alkyl halides is 3. The minimum Gasteiger partial charge on any atom is -0.303 e. The first-order chi connectivity index (χ1) is 12.0. The van der Waals surface area contributed by atoms with E-state index in [0.29, 0.717) is 32.4 Å². The van der Waals surface area contributed by atoms with Gasteiger partial charge in [0.05, 0.1) is 12.0 Å². The quantitative estimate of drug-likeness (QED) is 0.510. The highest BCUT2D eigenvalue weighted by molar-refractivity contribution is 5.76. The Balaban J connectivity index is 0.00000110. The van der Waals surface area contributed by atoms with Crippen LogP contribution in [0, 0.1) is 17.8 Å². The first kappa shape index (κ1) is 25.0. The number of amides is 1. The number of hydrogen-bond acceptors (Lipinski definition) is 3. The van der Waals surface area contributed by atoms with E-state index in [1.807, 2.05) is 11.8 Å². The number of carbonyl (C=O) groups is 1. The van der Waals surface area contributed by atoms with Gasteiger partial charge in [0.1, 0.15) is 0 Å². The standard InChI is InChI=1S/C14H24F4N2O.C3H7FO/c1-10(8-11(2)13(21)19-18)5-7-20-6-3-4-12(9-20)14(15,16)17;1-3(2)5-4/h10-12H,3-9H2,1-2H3,(H,19,21);3H,1-2H3. The number of halogens is 5. The molecule has 1 N–H and O–H groups in total. The van der Waals surface area contributed by atoms with Gasteiger partial charge < -0.3 is 4.90 Å². The Kier molecular flexibility index (Phi) is 12.0. The van der Waals surface area contributed by atoms with Crippen LogP contribution in [0.5, 0.6) is 0 Å². The van der Waals surface area contributed by atoms with Gasteiger partial charge >= 0.3 is 6.18 Å². The maximum absolute atomic E-state index is 12.7. The van der Waals surface area contributed by atoms with Crippen LogP contribution in [0.2, 0.25) is 0 Å². The number of hydrogen-bond donors (Lipinski definition) is 1. The number of carbonyl (C=O) groups excluding carboxylic acids is 1. The van der Waals surface area contributed by atoms with Crippen molar-refractivity contribution in [3.63, 3.8) is 0 Å². The van der Waals surface area contributed by atoms with Crippen molar-refractivity contribution in [2.45, 2.75) is 65.7 Å². The molecule has 0 aliphatic carbocycles. The maximum Gasteiger partial charge on any atom is 0.393 e. The Bertz CT molecular complexity index is 394. The van der Waals surface area contributed by atoms with Gasteiger partial charge in [-0.3, -0.25) is 4.79 Å². The third-order valence-electron chi connectivity index (χ3n) is 4.38. The summed E-state index contributed by atoms with van der Waals surface area (Å²) >= 11 is 0. The molecule has 1 amide bonds. The van der Waals surface area contributed by atoms with Crippen LogP contribution in [0.3, 0.4) is 0 Å². The van der Waals surface area contributed by atoms with Crippen LogP contribution in [0.4, 0.5) is 22.2 Å². The number of nitrogens with zero attached hydrogens (tertiary/aromatic N) is 1. The minimum absolute atomic E-state index is 0.0662. The molecule has 3 unspecified atom stereocenters. The predicted octanol–water partition coefficient (Wildman–Crippen LogP) is 4.61. The first-order valence-electron chi connectivity index (χ1n) is 8.98. The smallest absolute Gasteiger partial charge is 0.303 e. The highest BCUT2D eigenvalue weighted by Crippen LogP contribution is 2.33. The van der Waals surface area contributed by atoms with Crippen LogP contribution < -0.4 is 5.54 Å². The Hall–Kier alpha value is -0.960. The molecule has 26 heavy (non-hydrogen) atoms. The van der Waals surface area contributed by atoms with E-state index in [4.69, 9.17) is 0 Å². The van der Waals surface area contributed by atoms with Gasteiger partial charge in [0.15, 0.2) is 0 Å². The summed E-state index contributed by atoms with van der Waals surface area (Å²) in [6.07, 6.45) is -2.36. The Labute approximate surface area is 152 Å². The summed E-state index contributed by atoms with van der Waals surface area (Å²) in [6, 6.07) is 0. The fraction of sp³-hybridized carbons (Fsp3) is 0.941. The topological polar surface area (TPSA) is 41.6 Å². The molecule has 1 rings (SSSR count). The van der Waals surface area contributed by atoms with Gasteiger partial charge in [-0.2, -0.15) is 23.7 Å². The second-order valence-corrected chi connectivity index (χ2v) is 7.31. The van der Waals surface area contributed by atoms with E-state index in [1.165, 1.54) is 0 Å². The van der Waals surface area contributed by atoms with E-state index < -0.39 is 23.9 Å². The monoisotopic (exact) mass is 390 g/mol. The lowest BCUT2D eigenvalue weighted by molar-refractivity contribution is -0.186. The molecule has 1 fully saturated rings. The summed E-state index contributed by atoms with van der Waals surface area (Å²) in [5.74, 6) is -2.12. The lowest BCUT2D eigenvalue weighted by Gasteiger charge is -2.34. The van der Waals surface area contributed by atoms with E-state index >= 15 is 0 Å². The molecule has 0 bridgehead atoms. The summed E-state index contributed by atoms with van der Waals surface area (Å²) < 4.78 is 60.7. The van der Waals surface area contributed by atoms with Gasteiger partial charge in [-0.15, -0.1) is 4.48 Å². The molecule has 1 aliphatic heterocycles. The lowest BCUT2D eigenvalue weighted by atomic mass is 9.93. The van der Waals surface area contributed by atoms with Crippen LogP contribution in [0.1, 0.15) is 53.4 Å². The zero-order valence-electron chi connectivity index (χ0n) is 15.9. The van der Waals surface area contributed by atoms with E-state index in [0.717, 1.165) is 5.54 Å². The van der Waals surface area contributed by atoms with Gasteiger partial charge in [0.2, 0.25) is 5.91 Å². The number of nitrogens with one attached hydrogen (secondary N) is 1. The summed E-state index contributed by atoms with van der Waals surface area (Å²) in [6.45, 7) is 8.19. The molecular formula is C17H31F5N2O2. The second-order valence-electron chi connectivity index (χ2n) is 7.31. The van der Waals surface area contributed by atoms with Crippen molar-refractivity contribution in [1.82, 2.24) is 10.4 Å². The van der Waals surface area contributed by atoms with Gasteiger partial charge in [-0.1, -0.05) is 13.8 Å².